The van der Waals surface area contributed by atoms with E-state index in [-0.39, 0.29) is 0 Å². The highest BCUT2D eigenvalue weighted by Crippen LogP contribution is 2.30. The Labute approximate surface area is 130 Å². The molecule has 0 bridgehead atoms. The van der Waals surface area contributed by atoms with E-state index < -0.39 is 0 Å². The van der Waals surface area contributed by atoms with Crippen LogP contribution in [0, 0.1) is 0 Å². The Hall–Kier alpha value is -1.98. The van der Waals surface area contributed by atoms with Crippen molar-refractivity contribution in [2.45, 2.75) is 38.5 Å². The molecule has 2 saturated heterocycles. The monoisotopic (exact) mass is 301 g/mol. The lowest BCUT2D eigenvalue weighted by atomic mass is 10.1. The molecule has 118 valence electrons. The van der Waals surface area contributed by atoms with Gasteiger partial charge >= 0.3 is 0 Å². The van der Waals surface area contributed by atoms with Crippen molar-refractivity contribution < 1.29 is 4.42 Å². The average molecular weight is 301 g/mol. The molecule has 0 aromatic carbocycles. The number of aromatic nitrogens is 2. The number of piperidine rings is 2. The number of rotatable bonds is 2. The summed E-state index contributed by atoms with van der Waals surface area (Å²) in [4.78, 5) is 13.8. The number of hydrogen-bond donors (Lipinski definition) is 1. The number of hydrogen-bond acceptors (Lipinski definition) is 6. The summed E-state index contributed by atoms with van der Waals surface area (Å²) < 4.78 is 5.88. The van der Waals surface area contributed by atoms with Crippen molar-refractivity contribution in [2.24, 2.45) is 0 Å². The van der Waals surface area contributed by atoms with E-state index in [4.69, 9.17) is 10.2 Å². The Kier molecular flexibility index (Phi) is 3.52. The van der Waals surface area contributed by atoms with Gasteiger partial charge in [-0.25, -0.2) is 4.98 Å². The third kappa shape index (κ3) is 2.46. The standard InChI is InChI=1S/C16H23N5O/c17-12-11-13-14(18-15(12)20-7-3-1-4-8-20)19-16(22-13)21-9-5-2-6-10-21/h11H,1-10,17H2. The molecule has 6 nitrogen and oxygen atoms in total. The number of nitrogens with zero attached hydrogens (tertiary/aromatic N) is 4. The van der Waals surface area contributed by atoms with Crippen LogP contribution in [0.25, 0.3) is 11.2 Å². The molecule has 4 rings (SSSR count). The molecule has 6 heteroatoms. The molecule has 0 unspecified atom stereocenters. The Morgan fingerprint density at radius 3 is 2.18 bits per heavy atom. The highest BCUT2D eigenvalue weighted by atomic mass is 16.4. The lowest BCUT2D eigenvalue weighted by molar-refractivity contribution is 0.509. The van der Waals surface area contributed by atoms with Crippen LogP contribution in [0.15, 0.2) is 10.5 Å². The quantitative estimate of drug-likeness (QED) is 0.919. The summed E-state index contributed by atoms with van der Waals surface area (Å²) in [6.45, 7) is 4.08. The molecule has 2 aliphatic heterocycles. The van der Waals surface area contributed by atoms with Crippen LogP contribution in [0.5, 0.6) is 0 Å². The predicted molar refractivity (Wildman–Crippen MR) is 88.3 cm³/mol. The Morgan fingerprint density at radius 2 is 1.50 bits per heavy atom. The van der Waals surface area contributed by atoms with Crippen LogP contribution >= 0.6 is 0 Å². The predicted octanol–water partition coefficient (Wildman–Crippen LogP) is 2.79. The SMILES string of the molecule is Nc1cc2oc(N3CCCCC3)nc2nc1N1CCCCC1. The second-order valence-corrected chi connectivity index (χ2v) is 6.31. The highest BCUT2D eigenvalue weighted by molar-refractivity contribution is 5.80. The van der Waals surface area contributed by atoms with E-state index >= 15 is 0 Å². The lowest BCUT2D eigenvalue weighted by Crippen LogP contribution is -2.30. The van der Waals surface area contributed by atoms with Crippen LogP contribution in [-0.4, -0.2) is 36.1 Å². The minimum atomic E-state index is 0.676. The maximum absolute atomic E-state index is 6.20. The summed E-state index contributed by atoms with van der Waals surface area (Å²) in [5.74, 6) is 0.866. The van der Waals surface area contributed by atoms with Gasteiger partial charge in [0.15, 0.2) is 11.4 Å². The van der Waals surface area contributed by atoms with E-state index in [9.17, 15) is 0 Å². The van der Waals surface area contributed by atoms with Gasteiger partial charge in [-0.15, -0.1) is 0 Å². The van der Waals surface area contributed by atoms with Crippen molar-refractivity contribution in [1.29, 1.82) is 0 Å². The van der Waals surface area contributed by atoms with Gasteiger partial charge in [0.2, 0.25) is 5.65 Å². The first-order chi connectivity index (χ1) is 10.8. The second kappa shape index (κ2) is 5.66. The first kappa shape index (κ1) is 13.7. The fraction of sp³-hybridized carbons (Fsp3) is 0.625. The fourth-order valence-electron chi connectivity index (χ4n) is 3.44. The molecule has 2 aromatic heterocycles. The molecule has 0 aliphatic carbocycles. The fourth-order valence-corrected chi connectivity index (χ4v) is 3.44. The van der Waals surface area contributed by atoms with Crippen molar-refractivity contribution >= 4 is 28.8 Å². The minimum absolute atomic E-state index is 0.676. The van der Waals surface area contributed by atoms with Crippen LogP contribution < -0.4 is 15.5 Å². The molecule has 0 saturated carbocycles. The summed E-state index contributed by atoms with van der Waals surface area (Å²) in [5.41, 5.74) is 8.26. The number of anilines is 3. The molecule has 0 spiro atoms. The number of oxazole rings is 1. The lowest BCUT2D eigenvalue weighted by Gasteiger charge is -2.28. The first-order valence-electron chi connectivity index (χ1n) is 8.38. The van der Waals surface area contributed by atoms with Gasteiger partial charge in [0.25, 0.3) is 6.01 Å². The summed E-state index contributed by atoms with van der Waals surface area (Å²) >= 11 is 0. The average Bonchev–Trinajstić information content (AvgIpc) is 2.98. The zero-order chi connectivity index (χ0) is 14.9. The van der Waals surface area contributed by atoms with Crippen molar-refractivity contribution in [2.75, 3.05) is 41.7 Å². The molecule has 0 amide bonds. The zero-order valence-corrected chi connectivity index (χ0v) is 12.9. The van der Waals surface area contributed by atoms with Crippen LogP contribution in [0.4, 0.5) is 17.5 Å². The molecule has 2 fully saturated rings. The van der Waals surface area contributed by atoms with Crippen molar-refractivity contribution in [3.05, 3.63) is 6.07 Å². The Balaban J connectivity index is 1.67. The van der Waals surface area contributed by atoms with Gasteiger partial charge in [0, 0.05) is 32.2 Å². The van der Waals surface area contributed by atoms with Gasteiger partial charge in [-0.05, 0) is 38.5 Å². The minimum Gasteiger partial charge on any atom is -0.422 e. The van der Waals surface area contributed by atoms with Crippen LogP contribution in [0.3, 0.4) is 0 Å². The van der Waals surface area contributed by atoms with Gasteiger partial charge in [-0.3, -0.25) is 0 Å². The van der Waals surface area contributed by atoms with E-state index in [1.165, 1.54) is 38.5 Å². The molecular weight excluding hydrogens is 278 g/mol. The number of pyridine rings is 1. The zero-order valence-electron chi connectivity index (χ0n) is 12.9. The number of fused-ring (bicyclic) bond motifs is 1. The summed E-state index contributed by atoms with van der Waals surface area (Å²) in [7, 11) is 0. The molecular formula is C16H23N5O. The van der Waals surface area contributed by atoms with E-state index in [1.54, 1.807) is 0 Å². The van der Waals surface area contributed by atoms with Crippen molar-refractivity contribution in [3.63, 3.8) is 0 Å². The van der Waals surface area contributed by atoms with E-state index in [0.29, 0.717) is 22.9 Å². The molecule has 0 atom stereocenters. The van der Waals surface area contributed by atoms with Gasteiger partial charge in [0.05, 0.1) is 5.69 Å². The molecule has 0 radical (unpaired) electrons. The largest absolute Gasteiger partial charge is 0.422 e. The van der Waals surface area contributed by atoms with Crippen molar-refractivity contribution in [3.8, 4) is 0 Å². The van der Waals surface area contributed by atoms with Gasteiger partial charge in [-0.2, -0.15) is 4.98 Å². The first-order valence-corrected chi connectivity index (χ1v) is 8.38. The van der Waals surface area contributed by atoms with Gasteiger partial charge < -0.3 is 20.0 Å². The van der Waals surface area contributed by atoms with Gasteiger partial charge in [0.1, 0.15) is 0 Å². The van der Waals surface area contributed by atoms with E-state index in [0.717, 1.165) is 32.0 Å². The summed E-state index contributed by atoms with van der Waals surface area (Å²) in [6, 6.07) is 2.57. The molecule has 2 N–H and O–H groups in total. The van der Waals surface area contributed by atoms with Crippen LogP contribution in [0.1, 0.15) is 38.5 Å². The molecule has 2 aliphatic rings. The second-order valence-electron chi connectivity index (χ2n) is 6.31. The number of nitrogen functional groups attached to an aromatic ring is 1. The molecule has 22 heavy (non-hydrogen) atoms. The van der Waals surface area contributed by atoms with Gasteiger partial charge in [-0.1, -0.05) is 0 Å². The maximum atomic E-state index is 6.20. The molecule has 2 aromatic rings. The van der Waals surface area contributed by atoms with Crippen LogP contribution in [-0.2, 0) is 0 Å². The smallest absolute Gasteiger partial charge is 0.299 e. The maximum Gasteiger partial charge on any atom is 0.299 e. The van der Waals surface area contributed by atoms with E-state index in [2.05, 4.69) is 19.8 Å². The normalized spacial score (nSPS) is 19.8. The third-order valence-electron chi connectivity index (χ3n) is 4.66. The van der Waals surface area contributed by atoms with E-state index in [1.807, 2.05) is 6.07 Å². The topological polar surface area (TPSA) is 71.4 Å². The number of nitrogens with two attached hydrogens (primary N) is 1. The van der Waals surface area contributed by atoms with Crippen LogP contribution in [0.2, 0.25) is 0 Å². The Bertz CT molecular complexity index is 656. The third-order valence-corrected chi connectivity index (χ3v) is 4.66. The molecule has 4 heterocycles. The van der Waals surface area contributed by atoms with Crippen molar-refractivity contribution in [1.82, 2.24) is 9.97 Å². The Morgan fingerprint density at radius 1 is 0.864 bits per heavy atom. The summed E-state index contributed by atoms with van der Waals surface area (Å²) in [5, 5.41) is 0. The highest BCUT2D eigenvalue weighted by Gasteiger charge is 2.20. The summed E-state index contributed by atoms with van der Waals surface area (Å²) in [6.07, 6.45) is 7.40.